The molecule has 254 valence electrons. The molecule has 0 N–H and O–H groups in total. The number of hydrogen-bond acceptors (Lipinski definition) is 9. The molecule has 6 aromatic carbocycles. The number of hydrogen-bond donors (Lipinski definition) is 0. The number of allylic oxidation sites excluding steroid dienone is 1. The third-order valence-corrected chi connectivity index (χ3v) is 7.47. The lowest BCUT2D eigenvalue weighted by Gasteiger charge is -2.12. The summed E-state index contributed by atoms with van der Waals surface area (Å²) in [5, 5.41) is 0. The Kier molecular flexibility index (Phi) is 10.8. The quantitative estimate of drug-likeness (QED) is 0.0571. The summed E-state index contributed by atoms with van der Waals surface area (Å²) in [5.41, 5.74) is 1.54. The summed E-state index contributed by atoms with van der Waals surface area (Å²) >= 11 is 0. The van der Waals surface area contributed by atoms with Gasteiger partial charge in [0.1, 0.15) is 11.5 Å². The number of carbonyl (C=O) groups excluding carboxylic acids is 5. The molecular weight excluding hydrogens is 660 g/mol. The summed E-state index contributed by atoms with van der Waals surface area (Å²) in [6.07, 6.45) is 2.69. The average Bonchev–Trinajstić information content (AvgIpc) is 3.19. The van der Waals surface area contributed by atoms with Crippen molar-refractivity contribution in [2.24, 2.45) is 0 Å². The van der Waals surface area contributed by atoms with E-state index in [1.807, 2.05) is 0 Å². The van der Waals surface area contributed by atoms with Gasteiger partial charge in [0.15, 0.2) is 17.3 Å². The molecule has 52 heavy (non-hydrogen) atoms. The molecule has 0 spiro atoms. The smallest absolute Gasteiger partial charge is 0.343 e. The van der Waals surface area contributed by atoms with E-state index in [0.717, 1.165) is 0 Å². The second-order valence-corrected chi connectivity index (χ2v) is 11.1. The van der Waals surface area contributed by atoms with Crippen LogP contribution >= 0.6 is 0 Å². The van der Waals surface area contributed by atoms with Crippen LogP contribution in [0, 0.1) is 0 Å². The van der Waals surface area contributed by atoms with Crippen LogP contribution in [-0.4, -0.2) is 29.7 Å². The second kappa shape index (κ2) is 16.3. The molecular formula is C43H28O9. The largest absolute Gasteiger partial charge is 0.423 e. The normalized spacial score (nSPS) is 10.6. The highest BCUT2D eigenvalue weighted by Crippen LogP contribution is 2.32. The van der Waals surface area contributed by atoms with E-state index in [-0.39, 0.29) is 39.7 Å². The number of ketones is 1. The van der Waals surface area contributed by atoms with Crippen molar-refractivity contribution in [3.8, 4) is 23.0 Å². The maximum absolute atomic E-state index is 13.6. The van der Waals surface area contributed by atoms with E-state index in [1.54, 1.807) is 127 Å². The van der Waals surface area contributed by atoms with Gasteiger partial charge in [0.25, 0.3) is 0 Å². The van der Waals surface area contributed by atoms with E-state index >= 15 is 0 Å². The van der Waals surface area contributed by atoms with Gasteiger partial charge in [-0.05, 0) is 84.4 Å². The molecule has 0 aliphatic rings. The minimum atomic E-state index is -0.726. The van der Waals surface area contributed by atoms with Crippen LogP contribution in [0.2, 0.25) is 0 Å². The monoisotopic (exact) mass is 688 g/mol. The van der Waals surface area contributed by atoms with Crippen molar-refractivity contribution in [3.05, 3.63) is 197 Å². The maximum atomic E-state index is 13.6. The third-order valence-electron chi connectivity index (χ3n) is 7.47. The van der Waals surface area contributed by atoms with Gasteiger partial charge in [0.05, 0.1) is 27.8 Å². The summed E-state index contributed by atoms with van der Waals surface area (Å²) in [4.78, 5) is 65.1. The number of benzene rings is 6. The van der Waals surface area contributed by atoms with Gasteiger partial charge in [-0.2, -0.15) is 0 Å². The topological polar surface area (TPSA) is 122 Å². The van der Waals surface area contributed by atoms with Crippen molar-refractivity contribution >= 4 is 35.7 Å². The van der Waals surface area contributed by atoms with Crippen LogP contribution in [0.4, 0.5) is 0 Å². The summed E-state index contributed by atoms with van der Waals surface area (Å²) in [7, 11) is 0. The molecule has 0 bridgehead atoms. The molecule has 9 heteroatoms. The highest BCUT2D eigenvalue weighted by molar-refractivity contribution is 6.09. The Bertz CT molecular complexity index is 2260. The van der Waals surface area contributed by atoms with Crippen molar-refractivity contribution < 1.29 is 42.9 Å². The van der Waals surface area contributed by atoms with Crippen LogP contribution < -0.4 is 18.9 Å². The zero-order valence-electron chi connectivity index (χ0n) is 27.3. The molecule has 0 unspecified atom stereocenters. The minimum absolute atomic E-state index is 0.00387. The predicted molar refractivity (Wildman–Crippen MR) is 192 cm³/mol. The maximum Gasteiger partial charge on any atom is 0.343 e. The Morgan fingerprint density at radius 2 is 0.808 bits per heavy atom. The van der Waals surface area contributed by atoms with E-state index < -0.39 is 29.7 Å². The van der Waals surface area contributed by atoms with E-state index in [2.05, 4.69) is 0 Å². The lowest BCUT2D eigenvalue weighted by molar-refractivity contribution is 0.0682. The van der Waals surface area contributed by atoms with Crippen LogP contribution in [0.3, 0.4) is 0 Å². The first kappa shape index (κ1) is 34.5. The van der Waals surface area contributed by atoms with Gasteiger partial charge in [-0.3, -0.25) is 4.79 Å². The van der Waals surface area contributed by atoms with E-state index in [1.165, 1.54) is 42.5 Å². The Morgan fingerprint density at radius 1 is 0.385 bits per heavy atom. The number of ether oxygens (including phenoxy) is 4. The molecule has 0 radical (unpaired) electrons. The van der Waals surface area contributed by atoms with Gasteiger partial charge in [-0.1, -0.05) is 84.9 Å². The van der Waals surface area contributed by atoms with E-state index in [0.29, 0.717) is 16.7 Å². The molecule has 0 heterocycles. The fourth-order valence-corrected chi connectivity index (χ4v) is 4.85. The average molecular weight is 689 g/mol. The summed E-state index contributed by atoms with van der Waals surface area (Å²) in [6, 6.07) is 41.7. The SMILES string of the molecule is O=C(Oc1ccc(C(=O)C=Cc2ccc(OC(=O)c3ccccc3)c(OC(=O)c3ccccc3)c2)c(OC(=O)c2ccccc2)c1)c1ccccc1. The Hall–Kier alpha value is -7.39. The van der Waals surface area contributed by atoms with Gasteiger partial charge in [0, 0.05) is 6.07 Å². The van der Waals surface area contributed by atoms with Crippen LogP contribution in [0.5, 0.6) is 23.0 Å². The van der Waals surface area contributed by atoms with Crippen LogP contribution in [0.1, 0.15) is 57.4 Å². The lowest BCUT2D eigenvalue weighted by atomic mass is 10.1. The molecule has 0 atom stereocenters. The van der Waals surface area contributed by atoms with Crippen molar-refractivity contribution in [1.29, 1.82) is 0 Å². The minimum Gasteiger partial charge on any atom is -0.423 e. The highest BCUT2D eigenvalue weighted by atomic mass is 16.6. The molecule has 0 saturated heterocycles. The zero-order chi connectivity index (χ0) is 36.3. The highest BCUT2D eigenvalue weighted by Gasteiger charge is 2.20. The number of rotatable bonds is 11. The van der Waals surface area contributed by atoms with Gasteiger partial charge in [-0.25, -0.2) is 19.2 Å². The second-order valence-electron chi connectivity index (χ2n) is 11.1. The Morgan fingerprint density at radius 3 is 1.29 bits per heavy atom. The van der Waals surface area contributed by atoms with Gasteiger partial charge >= 0.3 is 23.9 Å². The molecule has 0 aliphatic heterocycles. The molecule has 0 aliphatic carbocycles. The fourth-order valence-electron chi connectivity index (χ4n) is 4.85. The molecule has 0 fully saturated rings. The zero-order valence-corrected chi connectivity index (χ0v) is 27.3. The summed E-state index contributed by atoms with van der Waals surface area (Å²) in [6.45, 7) is 0. The van der Waals surface area contributed by atoms with Gasteiger partial charge in [-0.15, -0.1) is 0 Å². The van der Waals surface area contributed by atoms with Crippen molar-refractivity contribution in [1.82, 2.24) is 0 Å². The fraction of sp³-hybridized carbons (Fsp3) is 0. The lowest BCUT2D eigenvalue weighted by Crippen LogP contribution is -2.13. The van der Waals surface area contributed by atoms with Crippen molar-refractivity contribution in [2.75, 3.05) is 0 Å². The third kappa shape index (κ3) is 8.79. The Labute approximate surface area is 298 Å². The molecule has 6 aromatic rings. The Balaban J connectivity index is 1.28. The molecule has 0 amide bonds. The van der Waals surface area contributed by atoms with Gasteiger partial charge < -0.3 is 18.9 Å². The van der Waals surface area contributed by atoms with Gasteiger partial charge in [0.2, 0.25) is 0 Å². The predicted octanol–water partition coefficient (Wildman–Crippen LogP) is 8.46. The molecule has 0 aromatic heterocycles. The van der Waals surface area contributed by atoms with Crippen LogP contribution in [-0.2, 0) is 0 Å². The molecule has 9 nitrogen and oxygen atoms in total. The first-order valence-corrected chi connectivity index (χ1v) is 15.9. The van der Waals surface area contributed by atoms with Crippen molar-refractivity contribution in [3.63, 3.8) is 0 Å². The van der Waals surface area contributed by atoms with Crippen molar-refractivity contribution in [2.45, 2.75) is 0 Å². The van der Waals surface area contributed by atoms with E-state index in [4.69, 9.17) is 18.9 Å². The van der Waals surface area contributed by atoms with Crippen LogP contribution in [0.15, 0.2) is 164 Å². The summed E-state index contributed by atoms with van der Waals surface area (Å²) < 4.78 is 22.4. The summed E-state index contributed by atoms with van der Waals surface area (Å²) in [5.74, 6) is -3.43. The molecule has 6 rings (SSSR count). The molecule has 0 saturated carbocycles. The first-order valence-electron chi connectivity index (χ1n) is 15.9. The van der Waals surface area contributed by atoms with Crippen LogP contribution in [0.25, 0.3) is 6.08 Å². The van der Waals surface area contributed by atoms with E-state index in [9.17, 15) is 24.0 Å². The number of esters is 4. The number of carbonyl (C=O) groups is 5. The standard InChI is InChI=1S/C43H28O9/c44-36(35-24-23-34(49-40(45)30-13-5-1-6-14-30)28-38(35)51-42(47)32-17-9-3-10-18-32)25-21-29-22-26-37(50-41(46)31-15-7-2-8-16-31)39(27-29)52-43(48)33-19-11-4-12-20-33/h1-28H. The first-order chi connectivity index (χ1) is 25.3.